The fourth-order valence-corrected chi connectivity index (χ4v) is 2.89. The fraction of sp³-hybridized carbons (Fsp3) is 0.812. The smallest absolute Gasteiger partial charge is 0.243 e. The van der Waals surface area contributed by atoms with Gasteiger partial charge >= 0.3 is 0 Å². The molecule has 24 heavy (non-hydrogen) atoms. The molecule has 136 valence electrons. The highest BCUT2D eigenvalue weighted by molar-refractivity contribution is 14.0. The molecular formula is C16H28IN5O2. The molecular weight excluding hydrogens is 421 g/mol. The lowest BCUT2D eigenvalue weighted by atomic mass is 10.1. The van der Waals surface area contributed by atoms with E-state index in [4.69, 9.17) is 4.74 Å². The number of ether oxygens (including phenoxy) is 1. The Balaban J connectivity index is 0.00000288. The van der Waals surface area contributed by atoms with E-state index in [0.717, 1.165) is 45.4 Å². The van der Waals surface area contributed by atoms with Crippen molar-refractivity contribution in [3.63, 3.8) is 0 Å². The molecule has 0 aromatic heterocycles. The predicted molar refractivity (Wildman–Crippen MR) is 103 cm³/mol. The van der Waals surface area contributed by atoms with Crippen LogP contribution >= 0.6 is 24.0 Å². The Bertz CT molecular complexity index is 472. The first-order valence-electron chi connectivity index (χ1n) is 8.32. The lowest BCUT2D eigenvalue weighted by Crippen LogP contribution is -2.46. The molecule has 3 atom stereocenters. The first kappa shape index (κ1) is 21.0. The van der Waals surface area contributed by atoms with Crippen LogP contribution in [0.4, 0.5) is 0 Å². The van der Waals surface area contributed by atoms with Crippen LogP contribution in [0.5, 0.6) is 0 Å². The molecule has 1 aliphatic carbocycles. The lowest BCUT2D eigenvalue weighted by molar-refractivity contribution is -0.127. The zero-order valence-corrected chi connectivity index (χ0v) is 16.8. The van der Waals surface area contributed by atoms with Gasteiger partial charge in [-0.1, -0.05) is 0 Å². The molecule has 1 heterocycles. The largest absolute Gasteiger partial charge is 0.381 e. The van der Waals surface area contributed by atoms with E-state index >= 15 is 0 Å². The van der Waals surface area contributed by atoms with Crippen molar-refractivity contribution in [1.82, 2.24) is 15.5 Å². The Hall–Kier alpha value is -1.08. The highest BCUT2D eigenvalue weighted by Gasteiger charge is 2.28. The normalized spacial score (nSPS) is 26.4. The summed E-state index contributed by atoms with van der Waals surface area (Å²) in [7, 11) is 3.44. The van der Waals surface area contributed by atoms with Crippen LogP contribution < -0.4 is 10.6 Å². The number of carbonyl (C=O) groups excluding carboxylic acids is 1. The maximum Gasteiger partial charge on any atom is 0.243 e. The summed E-state index contributed by atoms with van der Waals surface area (Å²) < 4.78 is 5.38. The van der Waals surface area contributed by atoms with Crippen LogP contribution in [-0.2, 0) is 9.53 Å². The van der Waals surface area contributed by atoms with E-state index in [2.05, 4.69) is 21.7 Å². The average molecular weight is 449 g/mol. The number of carbonyl (C=O) groups is 1. The van der Waals surface area contributed by atoms with Gasteiger partial charge in [-0.15, -0.1) is 24.0 Å². The minimum absolute atomic E-state index is 0. The van der Waals surface area contributed by atoms with Crippen LogP contribution in [0, 0.1) is 23.2 Å². The number of rotatable bonds is 5. The molecule has 0 spiro atoms. The minimum atomic E-state index is -0.0430. The quantitative estimate of drug-likeness (QED) is 0.371. The number of likely N-dealkylation sites (N-methyl/N-ethyl adjacent to an activating group) is 1. The van der Waals surface area contributed by atoms with Crippen molar-refractivity contribution in [2.24, 2.45) is 16.8 Å². The Morgan fingerprint density at radius 3 is 2.79 bits per heavy atom. The van der Waals surface area contributed by atoms with Gasteiger partial charge in [0, 0.05) is 39.2 Å². The number of hydrogen-bond acceptors (Lipinski definition) is 4. The average Bonchev–Trinajstić information content (AvgIpc) is 3.20. The molecule has 1 saturated heterocycles. The van der Waals surface area contributed by atoms with Crippen molar-refractivity contribution in [3.05, 3.63) is 0 Å². The monoisotopic (exact) mass is 449 g/mol. The van der Waals surface area contributed by atoms with E-state index in [0.29, 0.717) is 11.9 Å². The Morgan fingerprint density at radius 2 is 2.17 bits per heavy atom. The van der Waals surface area contributed by atoms with Crippen molar-refractivity contribution in [1.29, 1.82) is 5.26 Å². The van der Waals surface area contributed by atoms with Gasteiger partial charge in [0.25, 0.3) is 0 Å². The first-order valence-corrected chi connectivity index (χ1v) is 8.32. The molecule has 7 nitrogen and oxygen atoms in total. The van der Waals surface area contributed by atoms with E-state index in [1.165, 1.54) is 4.90 Å². The molecule has 2 fully saturated rings. The van der Waals surface area contributed by atoms with Crippen molar-refractivity contribution in [2.75, 3.05) is 40.4 Å². The second kappa shape index (κ2) is 10.7. The third kappa shape index (κ3) is 6.43. The number of nitriles is 1. The molecule has 2 N–H and O–H groups in total. The number of halogens is 1. The summed E-state index contributed by atoms with van der Waals surface area (Å²) in [6.45, 7) is 2.45. The van der Waals surface area contributed by atoms with Gasteiger partial charge in [-0.3, -0.25) is 4.79 Å². The van der Waals surface area contributed by atoms with Crippen LogP contribution in [0.25, 0.3) is 0 Å². The molecule has 0 aromatic carbocycles. The van der Waals surface area contributed by atoms with Gasteiger partial charge in [-0.2, -0.15) is 5.26 Å². The summed E-state index contributed by atoms with van der Waals surface area (Å²) in [4.78, 5) is 17.7. The summed E-state index contributed by atoms with van der Waals surface area (Å²) in [6.07, 6.45) is 3.99. The van der Waals surface area contributed by atoms with E-state index < -0.39 is 0 Å². The second-order valence-corrected chi connectivity index (χ2v) is 6.48. The summed E-state index contributed by atoms with van der Waals surface area (Å²) in [5, 5.41) is 15.9. The molecule has 1 amide bonds. The molecule has 0 aromatic rings. The van der Waals surface area contributed by atoms with E-state index in [1.807, 2.05) is 0 Å². The van der Waals surface area contributed by atoms with E-state index in [-0.39, 0.29) is 48.4 Å². The van der Waals surface area contributed by atoms with Crippen molar-refractivity contribution < 1.29 is 9.53 Å². The van der Waals surface area contributed by atoms with Gasteiger partial charge in [-0.05, 0) is 25.7 Å². The highest BCUT2D eigenvalue weighted by atomic mass is 127. The van der Waals surface area contributed by atoms with Crippen LogP contribution in [0.1, 0.15) is 25.7 Å². The van der Waals surface area contributed by atoms with Crippen LogP contribution in [0.15, 0.2) is 4.99 Å². The molecule has 3 unspecified atom stereocenters. The third-order valence-corrected chi connectivity index (χ3v) is 4.46. The van der Waals surface area contributed by atoms with Gasteiger partial charge in [0.2, 0.25) is 5.91 Å². The van der Waals surface area contributed by atoms with Gasteiger partial charge in [0.15, 0.2) is 5.96 Å². The maximum atomic E-state index is 11.8. The van der Waals surface area contributed by atoms with Crippen LogP contribution in [0.3, 0.4) is 0 Å². The number of nitrogens with one attached hydrogen (secondary N) is 2. The molecule has 0 radical (unpaired) electrons. The molecule has 8 heteroatoms. The Kier molecular flexibility index (Phi) is 9.36. The summed E-state index contributed by atoms with van der Waals surface area (Å²) >= 11 is 0. The molecule has 1 aliphatic heterocycles. The number of amides is 1. The van der Waals surface area contributed by atoms with Crippen LogP contribution in [-0.4, -0.2) is 63.2 Å². The van der Waals surface area contributed by atoms with Gasteiger partial charge in [0.1, 0.15) is 6.54 Å². The van der Waals surface area contributed by atoms with E-state index in [9.17, 15) is 10.1 Å². The molecule has 2 rings (SSSR count). The minimum Gasteiger partial charge on any atom is -0.381 e. The SMILES string of the molecule is CN(C)C(=O)CN=C(NCC1CCOC1)NC1CCCC1C#N.I. The third-order valence-electron chi connectivity index (χ3n) is 4.46. The summed E-state index contributed by atoms with van der Waals surface area (Å²) in [6, 6.07) is 2.47. The van der Waals surface area contributed by atoms with Crippen molar-refractivity contribution in [3.8, 4) is 6.07 Å². The Morgan fingerprint density at radius 1 is 1.38 bits per heavy atom. The fourth-order valence-electron chi connectivity index (χ4n) is 2.89. The van der Waals surface area contributed by atoms with Gasteiger partial charge in [-0.25, -0.2) is 4.99 Å². The standard InChI is InChI=1S/C16H27N5O2.HI/c1-21(2)15(22)10-19-16(18-9-12-6-7-23-11-12)20-14-5-3-4-13(14)8-17;/h12-14H,3-7,9-11H2,1-2H3,(H2,18,19,20);1H. The lowest BCUT2D eigenvalue weighted by Gasteiger charge is -2.21. The number of nitrogens with zero attached hydrogens (tertiary/aromatic N) is 3. The molecule has 0 bridgehead atoms. The topological polar surface area (TPSA) is 89.8 Å². The van der Waals surface area contributed by atoms with Gasteiger partial charge in [0.05, 0.1) is 18.6 Å². The number of guanidine groups is 1. The van der Waals surface area contributed by atoms with Crippen molar-refractivity contribution >= 4 is 35.8 Å². The Labute approximate surface area is 161 Å². The summed E-state index contributed by atoms with van der Waals surface area (Å²) in [5.74, 6) is 1.07. The van der Waals surface area contributed by atoms with E-state index in [1.54, 1.807) is 14.1 Å². The highest BCUT2D eigenvalue weighted by Crippen LogP contribution is 2.24. The van der Waals surface area contributed by atoms with Crippen molar-refractivity contribution in [2.45, 2.75) is 31.7 Å². The number of hydrogen-bond donors (Lipinski definition) is 2. The maximum absolute atomic E-state index is 11.8. The number of aliphatic imine (C=N–C) groups is 1. The molecule has 1 saturated carbocycles. The summed E-state index contributed by atoms with van der Waals surface area (Å²) in [5.41, 5.74) is 0. The molecule has 2 aliphatic rings. The first-order chi connectivity index (χ1) is 11.1. The zero-order valence-electron chi connectivity index (χ0n) is 14.5. The second-order valence-electron chi connectivity index (χ2n) is 6.48. The van der Waals surface area contributed by atoms with Crippen LogP contribution in [0.2, 0.25) is 0 Å². The zero-order chi connectivity index (χ0) is 16.7. The van der Waals surface area contributed by atoms with Gasteiger partial charge < -0.3 is 20.3 Å². The predicted octanol–water partition coefficient (Wildman–Crippen LogP) is 0.957.